The average Bonchev–Trinajstić information content (AvgIpc) is 2.57. The van der Waals surface area contributed by atoms with Crippen LogP contribution in [0.5, 0.6) is 0 Å². The zero-order valence-electron chi connectivity index (χ0n) is 16.2. The smallest absolute Gasteiger partial charge is 0.303 e. The Balaban J connectivity index is 3.21. The number of hydrogen-bond donors (Lipinski definition) is 0. The summed E-state index contributed by atoms with van der Waals surface area (Å²) in [7, 11) is 0. The van der Waals surface area contributed by atoms with Crippen LogP contribution in [0.15, 0.2) is 0 Å². The first-order valence-electron chi connectivity index (χ1n) is 8.63. The second-order valence-corrected chi connectivity index (χ2v) is 6.36. The summed E-state index contributed by atoms with van der Waals surface area (Å²) in [6.07, 6.45) is -5.35. The van der Waals surface area contributed by atoms with Crippen molar-refractivity contribution in [3.63, 3.8) is 0 Å². The number of hydrogen-bond acceptors (Lipinski definition) is 10. The molecule has 1 aliphatic rings. The predicted molar refractivity (Wildman–Crippen MR) is 93.2 cm³/mol. The van der Waals surface area contributed by atoms with Gasteiger partial charge in [-0.3, -0.25) is 19.2 Å². The van der Waals surface area contributed by atoms with E-state index in [0.717, 1.165) is 20.8 Å². The zero-order valence-corrected chi connectivity index (χ0v) is 16.9. The number of rotatable bonds is 9. The van der Waals surface area contributed by atoms with E-state index in [1.54, 1.807) is 0 Å². The fraction of sp³-hybridized carbons (Fsp3) is 0.765. The third-order valence-electron chi connectivity index (χ3n) is 3.51. The molecule has 1 aliphatic heterocycles. The number of alkyl halides is 1. The van der Waals surface area contributed by atoms with Crippen molar-refractivity contribution in [1.29, 1.82) is 0 Å². The molecule has 0 aromatic heterocycles. The molecule has 0 aromatic rings. The highest BCUT2D eigenvalue weighted by Crippen LogP contribution is 2.30. The lowest BCUT2D eigenvalue weighted by molar-refractivity contribution is -0.308. The number of carbonyl (C=O) groups excluding carboxylic acids is 4. The van der Waals surface area contributed by atoms with Crippen molar-refractivity contribution in [3.05, 3.63) is 0 Å². The fourth-order valence-corrected chi connectivity index (χ4v) is 2.69. The number of carbonyl (C=O) groups is 4. The van der Waals surface area contributed by atoms with Gasteiger partial charge in [0.1, 0.15) is 12.7 Å². The molecule has 10 nitrogen and oxygen atoms in total. The van der Waals surface area contributed by atoms with E-state index in [1.165, 1.54) is 6.92 Å². The summed E-state index contributed by atoms with van der Waals surface area (Å²) < 4.78 is 32.0. The summed E-state index contributed by atoms with van der Waals surface area (Å²) in [5.41, 5.74) is 0. The highest BCUT2D eigenvalue weighted by atomic mass is 35.5. The van der Waals surface area contributed by atoms with Crippen LogP contribution in [0.1, 0.15) is 34.1 Å². The highest BCUT2D eigenvalue weighted by molar-refractivity contribution is 6.17. The van der Waals surface area contributed by atoms with Crippen LogP contribution in [0.3, 0.4) is 0 Å². The molecule has 0 aliphatic carbocycles. The van der Waals surface area contributed by atoms with Gasteiger partial charge < -0.3 is 28.4 Å². The molecule has 0 bridgehead atoms. The molecule has 160 valence electrons. The van der Waals surface area contributed by atoms with Gasteiger partial charge in [0.2, 0.25) is 0 Å². The van der Waals surface area contributed by atoms with Crippen LogP contribution in [-0.2, 0) is 47.6 Å². The molecule has 1 heterocycles. The minimum Gasteiger partial charge on any atom is -0.463 e. The lowest BCUT2D eigenvalue weighted by Crippen LogP contribution is -2.63. The standard InChI is InChI=1S/C17H25ClO10/c1-9(19)24-8-13-14(25-10(2)20)15(26-11(3)21)16(27-12(4)22)17(28-13)23-7-5-6-18/h13-17H,5-8H2,1-4H3/t13-,14-,15+,16-,17-/m1/s1. The van der Waals surface area contributed by atoms with Gasteiger partial charge in [-0.05, 0) is 6.42 Å². The lowest BCUT2D eigenvalue weighted by atomic mass is 9.98. The van der Waals surface area contributed by atoms with Crippen LogP contribution in [-0.4, -0.2) is 73.7 Å². The van der Waals surface area contributed by atoms with E-state index in [4.69, 9.17) is 40.0 Å². The Labute approximate surface area is 167 Å². The quantitative estimate of drug-likeness (QED) is 0.226. The van der Waals surface area contributed by atoms with Crippen molar-refractivity contribution in [2.45, 2.75) is 64.8 Å². The van der Waals surface area contributed by atoms with Crippen LogP contribution in [0.2, 0.25) is 0 Å². The van der Waals surface area contributed by atoms with Gasteiger partial charge in [-0.25, -0.2) is 0 Å². The summed E-state index contributed by atoms with van der Waals surface area (Å²) in [5.74, 6) is -2.34. The van der Waals surface area contributed by atoms with Crippen molar-refractivity contribution in [3.8, 4) is 0 Å². The Morgan fingerprint density at radius 2 is 1.36 bits per heavy atom. The van der Waals surface area contributed by atoms with Gasteiger partial charge in [-0.15, -0.1) is 11.6 Å². The molecule has 0 saturated carbocycles. The SMILES string of the molecule is CC(=O)OC[C@H]1O[C@@H](OCCCCl)[C@H](OC(C)=O)[C@@H](OC(C)=O)[C@@H]1OC(C)=O. The minimum atomic E-state index is -1.24. The van der Waals surface area contributed by atoms with Crippen molar-refractivity contribution in [1.82, 2.24) is 0 Å². The molecular weight excluding hydrogens is 400 g/mol. The molecule has 0 unspecified atom stereocenters. The van der Waals surface area contributed by atoms with E-state index < -0.39 is 54.6 Å². The molecular formula is C17H25ClO10. The third-order valence-corrected chi connectivity index (χ3v) is 3.78. The van der Waals surface area contributed by atoms with Gasteiger partial charge in [-0.2, -0.15) is 0 Å². The summed E-state index contributed by atoms with van der Waals surface area (Å²) in [4.78, 5) is 46.0. The van der Waals surface area contributed by atoms with Gasteiger partial charge in [0.15, 0.2) is 24.6 Å². The number of esters is 4. The van der Waals surface area contributed by atoms with E-state index in [-0.39, 0.29) is 13.2 Å². The van der Waals surface area contributed by atoms with Gasteiger partial charge in [0, 0.05) is 33.6 Å². The minimum absolute atomic E-state index is 0.164. The Bertz CT molecular complexity index is 566. The number of ether oxygens (including phenoxy) is 6. The van der Waals surface area contributed by atoms with Crippen LogP contribution in [0.4, 0.5) is 0 Å². The summed E-state index contributed by atoms with van der Waals surface area (Å²) in [6.45, 7) is 4.52. The molecule has 0 amide bonds. The van der Waals surface area contributed by atoms with Gasteiger partial charge in [0.05, 0.1) is 6.61 Å². The molecule has 1 saturated heterocycles. The van der Waals surface area contributed by atoms with Crippen LogP contribution >= 0.6 is 11.6 Å². The van der Waals surface area contributed by atoms with Gasteiger partial charge >= 0.3 is 23.9 Å². The Hall–Kier alpha value is -1.91. The van der Waals surface area contributed by atoms with E-state index in [9.17, 15) is 19.2 Å². The fourth-order valence-electron chi connectivity index (χ4n) is 2.58. The topological polar surface area (TPSA) is 124 Å². The normalized spacial score (nSPS) is 26.8. The van der Waals surface area contributed by atoms with Crippen molar-refractivity contribution < 1.29 is 47.6 Å². The summed E-state index contributed by atoms with van der Waals surface area (Å²) in [6, 6.07) is 0. The first kappa shape index (κ1) is 24.1. The zero-order chi connectivity index (χ0) is 21.3. The summed E-state index contributed by atoms with van der Waals surface area (Å²) >= 11 is 5.64. The number of halogens is 1. The Kier molecular flexibility index (Phi) is 10.2. The van der Waals surface area contributed by atoms with Crippen LogP contribution < -0.4 is 0 Å². The molecule has 0 aromatic carbocycles. The van der Waals surface area contributed by atoms with Gasteiger partial charge in [-0.1, -0.05) is 0 Å². The predicted octanol–water partition coefficient (Wildman–Crippen LogP) is 0.715. The molecule has 5 atom stereocenters. The second kappa shape index (κ2) is 11.8. The Morgan fingerprint density at radius 1 is 0.821 bits per heavy atom. The maximum atomic E-state index is 11.6. The molecule has 0 N–H and O–H groups in total. The van der Waals surface area contributed by atoms with E-state index in [0.29, 0.717) is 12.3 Å². The maximum absolute atomic E-state index is 11.6. The largest absolute Gasteiger partial charge is 0.463 e. The van der Waals surface area contributed by atoms with Gasteiger partial charge in [0.25, 0.3) is 0 Å². The molecule has 0 spiro atoms. The molecule has 28 heavy (non-hydrogen) atoms. The summed E-state index contributed by atoms with van der Waals surface area (Å²) in [5, 5.41) is 0. The Morgan fingerprint density at radius 3 is 1.86 bits per heavy atom. The second-order valence-electron chi connectivity index (χ2n) is 5.98. The first-order valence-corrected chi connectivity index (χ1v) is 9.17. The van der Waals surface area contributed by atoms with Crippen molar-refractivity contribution >= 4 is 35.5 Å². The highest BCUT2D eigenvalue weighted by Gasteiger charge is 2.52. The molecule has 0 radical (unpaired) electrons. The average molecular weight is 425 g/mol. The van der Waals surface area contributed by atoms with Crippen LogP contribution in [0, 0.1) is 0 Å². The maximum Gasteiger partial charge on any atom is 0.303 e. The van der Waals surface area contributed by atoms with E-state index in [2.05, 4.69) is 0 Å². The molecule has 1 fully saturated rings. The van der Waals surface area contributed by atoms with E-state index in [1.807, 2.05) is 0 Å². The van der Waals surface area contributed by atoms with Crippen LogP contribution in [0.25, 0.3) is 0 Å². The molecule has 1 rings (SSSR count). The van der Waals surface area contributed by atoms with Crippen molar-refractivity contribution in [2.75, 3.05) is 19.1 Å². The molecule has 11 heteroatoms. The third kappa shape index (κ3) is 7.99. The lowest BCUT2D eigenvalue weighted by Gasteiger charge is -2.44. The first-order chi connectivity index (χ1) is 13.1. The van der Waals surface area contributed by atoms with E-state index >= 15 is 0 Å². The van der Waals surface area contributed by atoms with Crippen molar-refractivity contribution in [2.24, 2.45) is 0 Å². The monoisotopic (exact) mass is 424 g/mol.